The first-order valence-corrected chi connectivity index (χ1v) is 7.04. The highest BCUT2D eigenvalue weighted by molar-refractivity contribution is 5.31. The predicted molar refractivity (Wildman–Crippen MR) is 76.6 cm³/mol. The van der Waals surface area contributed by atoms with Gasteiger partial charge in [-0.2, -0.15) is 0 Å². The molecule has 2 rings (SSSR count). The lowest BCUT2D eigenvalue weighted by Gasteiger charge is -2.36. The second-order valence-electron chi connectivity index (χ2n) is 4.96. The Labute approximate surface area is 119 Å². The van der Waals surface area contributed by atoms with Crippen molar-refractivity contribution in [1.82, 2.24) is 10.2 Å². The minimum Gasteiger partial charge on any atom is -0.494 e. The van der Waals surface area contributed by atoms with Crippen molar-refractivity contribution in [2.45, 2.75) is 19.1 Å². The van der Waals surface area contributed by atoms with Gasteiger partial charge in [-0.05, 0) is 31.3 Å². The van der Waals surface area contributed by atoms with Crippen molar-refractivity contribution in [1.29, 1.82) is 0 Å². The normalized spacial score (nSPS) is 21.7. The fraction of sp³-hybridized carbons (Fsp3) is 0.600. The Hall–Kier alpha value is -1.17. The topological polar surface area (TPSA) is 33.7 Å². The second-order valence-corrected chi connectivity index (χ2v) is 4.96. The number of rotatable bonds is 5. The highest BCUT2D eigenvalue weighted by Crippen LogP contribution is 2.26. The summed E-state index contributed by atoms with van der Waals surface area (Å²) in [5.41, 5.74) is 0.883. The fourth-order valence-electron chi connectivity index (χ4n) is 2.66. The van der Waals surface area contributed by atoms with E-state index in [4.69, 9.17) is 9.47 Å². The van der Waals surface area contributed by atoms with E-state index in [2.05, 4.69) is 17.1 Å². The van der Waals surface area contributed by atoms with E-state index >= 15 is 0 Å². The highest BCUT2D eigenvalue weighted by Gasteiger charge is 2.28. The molecule has 5 heteroatoms. The van der Waals surface area contributed by atoms with Gasteiger partial charge in [0.1, 0.15) is 0 Å². The molecular formula is C15H23FN2O2. The van der Waals surface area contributed by atoms with Crippen LogP contribution in [0.4, 0.5) is 4.39 Å². The molecule has 0 bridgehead atoms. The molecule has 1 aliphatic rings. The summed E-state index contributed by atoms with van der Waals surface area (Å²) in [6.07, 6.45) is 0.0292. The Morgan fingerprint density at radius 2 is 2.35 bits per heavy atom. The van der Waals surface area contributed by atoms with Crippen molar-refractivity contribution in [3.63, 3.8) is 0 Å². The van der Waals surface area contributed by atoms with Gasteiger partial charge in [0, 0.05) is 13.1 Å². The van der Waals surface area contributed by atoms with Crippen LogP contribution in [0.25, 0.3) is 0 Å². The smallest absolute Gasteiger partial charge is 0.165 e. The third-order valence-corrected chi connectivity index (χ3v) is 3.84. The number of likely N-dealkylation sites (N-methyl/N-ethyl adjacent to an activating group) is 2. The Morgan fingerprint density at radius 3 is 2.95 bits per heavy atom. The van der Waals surface area contributed by atoms with Crippen LogP contribution in [-0.4, -0.2) is 51.4 Å². The summed E-state index contributed by atoms with van der Waals surface area (Å²) in [5, 5.41) is 3.24. The van der Waals surface area contributed by atoms with Crippen molar-refractivity contribution < 1.29 is 13.9 Å². The minimum atomic E-state index is -0.339. The maximum Gasteiger partial charge on any atom is 0.165 e. The Balaban J connectivity index is 2.16. The number of hydrogen-bond donors (Lipinski definition) is 1. The van der Waals surface area contributed by atoms with Crippen LogP contribution in [0.3, 0.4) is 0 Å². The molecule has 1 aromatic rings. The molecule has 1 saturated heterocycles. The molecule has 2 unspecified atom stereocenters. The molecule has 1 N–H and O–H groups in total. The average Bonchev–Trinajstić information content (AvgIpc) is 2.48. The van der Waals surface area contributed by atoms with Crippen molar-refractivity contribution >= 4 is 0 Å². The Kier molecular flexibility index (Phi) is 5.34. The maximum atomic E-state index is 13.9. The molecule has 4 nitrogen and oxygen atoms in total. The Morgan fingerprint density at radius 1 is 1.55 bits per heavy atom. The van der Waals surface area contributed by atoms with E-state index in [0.29, 0.717) is 0 Å². The maximum absolute atomic E-state index is 13.9. The van der Waals surface area contributed by atoms with Crippen LogP contribution in [0.2, 0.25) is 0 Å². The highest BCUT2D eigenvalue weighted by atomic mass is 19.1. The predicted octanol–water partition coefficient (Wildman–Crippen LogP) is 1.82. The van der Waals surface area contributed by atoms with E-state index in [1.807, 2.05) is 13.1 Å². The number of ether oxygens (including phenoxy) is 2. The summed E-state index contributed by atoms with van der Waals surface area (Å²) >= 11 is 0. The molecule has 0 spiro atoms. The first-order valence-electron chi connectivity index (χ1n) is 7.04. The van der Waals surface area contributed by atoms with Gasteiger partial charge in [-0.15, -0.1) is 0 Å². The molecule has 20 heavy (non-hydrogen) atoms. The van der Waals surface area contributed by atoms with Crippen molar-refractivity contribution in [3.05, 3.63) is 29.6 Å². The van der Waals surface area contributed by atoms with E-state index in [-0.39, 0.29) is 23.7 Å². The monoisotopic (exact) mass is 282 g/mol. The van der Waals surface area contributed by atoms with Crippen molar-refractivity contribution in [3.8, 4) is 5.75 Å². The standard InChI is InChI=1S/C15H23FN2O2/c1-4-18-7-8-20-14(10-18)15(17-2)11-5-6-13(19-3)12(16)9-11/h5-6,9,14-15,17H,4,7-8,10H2,1-3H3. The molecule has 2 atom stereocenters. The third kappa shape index (κ3) is 3.29. The molecule has 0 aliphatic carbocycles. The zero-order valence-electron chi connectivity index (χ0n) is 12.4. The number of halogens is 1. The zero-order chi connectivity index (χ0) is 14.5. The van der Waals surface area contributed by atoms with Gasteiger partial charge in [-0.3, -0.25) is 4.90 Å². The van der Waals surface area contributed by atoms with E-state index in [1.165, 1.54) is 13.2 Å². The van der Waals surface area contributed by atoms with Crippen LogP contribution in [0.15, 0.2) is 18.2 Å². The van der Waals surface area contributed by atoms with Gasteiger partial charge in [0.2, 0.25) is 0 Å². The quantitative estimate of drug-likeness (QED) is 0.893. The van der Waals surface area contributed by atoms with Crippen LogP contribution >= 0.6 is 0 Å². The van der Waals surface area contributed by atoms with E-state index < -0.39 is 0 Å². The first-order chi connectivity index (χ1) is 9.69. The van der Waals surface area contributed by atoms with Crippen LogP contribution in [-0.2, 0) is 4.74 Å². The third-order valence-electron chi connectivity index (χ3n) is 3.84. The number of nitrogens with zero attached hydrogens (tertiary/aromatic N) is 1. The molecule has 1 aromatic carbocycles. The SMILES string of the molecule is CCN1CCOC(C(NC)c2ccc(OC)c(F)c2)C1. The lowest BCUT2D eigenvalue weighted by Crippen LogP contribution is -2.47. The summed E-state index contributed by atoms with van der Waals surface area (Å²) in [7, 11) is 3.35. The molecule has 1 aliphatic heterocycles. The van der Waals surface area contributed by atoms with Crippen molar-refractivity contribution in [2.75, 3.05) is 40.4 Å². The molecule has 1 heterocycles. The molecule has 0 radical (unpaired) electrons. The summed E-state index contributed by atoms with van der Waals surface area (Å²) in [6.45, 7) is 5.68. The molecule has 1 fully saturated rings. The van der Waals surface area contributed by atoms with Gasteiger partial charge in [0.25, 0.3) is 0 Å². The lowest BCUT2D eigenvalue weighted by molar-refractivity contribution is -0.0444. The number of methoxy groups -OCH3 is 1. The molecule has 0 aromatic heterocycles. The van der Waals surface area contributed by atoms with Gasteiger partial charge in [-0.1, -0.05) is 13.0 Å². The first kappa shape index (κ1) is 15.2. The Bertz CT molecular complexity index is 442. The van der Waals surface area contributed by atoms with Gasteiger partial charge in [-0.25, -0.2) is 4.39 Å². The summed E-state index contributed by atoms with van der Waals surface area (Å²) in [5.74, 6) is -0.0724. The zero-order valence-corrected chi connectivity index (χ0v) is 12.4. The number of nitrogens with one attached hydrogen (secondary N) is 1. The average molecular weight is 282 g/mol. The molecule has 112 valence electrons. The van der Waals surface area contributed by atoms with Gasteiger partial charge >= 0.3 is 0 Å². The number of hydrogen-bond acceptors (Lipinski definition) is 4. The van der Waals surface area contributed by atoms with Crippen LogP contribution in [0.5, 0.6) is 5.75 Å². The second kappa shape index (κ2) is 7.02. The van der Waals surface area contributed by atoms with Crippen molar-refractivity contribution in [2.24, 2.45) is 0 Å². The summed E-state index contributed by atoms with van der Waals surface area (Å²) in [4.78, 5) is 2.35. The molecular weight excluding hydrogens is 259 g/mol. The molecule has 0 amide bonds. The van der Waals surface area contributed by atoms with Gasteiger partial charge in [0.05, 0.1) is 25.9 Å². The lowest BCUT2D eigenvalue weighted by atomic mass is 9.99. The largest absolute Gasteiger partial charge is 0.494 e. The van der Waals surface area contributed by atoms with Gasteiger partial charge in [0.15, 0.2) is 11.6 Å². The fourth-order valence-corrected chi connectivity index (χ4v) is 2.66. The van der Waals surface area contributed by atoms with E-state index in [1.54, 1.807) is 6.07 Å². The number of morpholine rings is 1. The van der Waals surface area contributed by atoms with E-state index in [9.17, 15) is 4.39 Å². The van der Waals surface area contributed by atoms with Crippen LogP contribution in [0.1, 0.15) is 18.5 Å². The van der Waals surface area contributed by atoms with Gasteiger partial charge < -0.3 is 14.8 Å². The summed E-state index contributed by atoms with van der Waals surface area (Å²) in [6, 6.07) is 5.05. The summed E-state index contributed by atoms with van der Waals surface area (Å²) < 4.78 is 24.7. The van der Waals surface area contributed by atoms with E-state index in [0.717, 1.165) is 31.8 Å². The number of benzene rings is 1. The van der Waals surface area contributed by atoms with Crippen LogP contribution in [0, 0.1) is 5.82 Å². The van der Waals surface area contributed by atoms with Crippen LogP contribution < -0.4 is 10.1 Å². The molecule has 0 saturated carbocycles. The minimum absolute atomic E-state index is 0.0234.